The Kier molecular flexibility index (Phi) is 4.55. The van der Waals surface area contributed by atoms with Crippen LogP contribution in [-0.2, 0) is 0 Å². The van der Waals surface area contributed by atoms with E-state index >= 15 is 0 Å². The minimum atomic E-state index is 1.36. The molecule has 0 aromatic carbocycles. The Bertz CT molecular complexity index is 315. The van der Waals surface area contributed by atoms with E-state index in [-0.39, 0.29) is 0 Å². The first-order valence-electron chi connectivity index (χ1n) is 4.51. The summed E-state index contributed by atoms with van der Waals surface area (Å²) >= 11 is 3.71. The summed E-state index contributed by atoms with van der Waals surface area (Å²) in [7, 11) is 4.04. The van der Waals surface area contributed by atoms with Crippen molar-refractivity contribution in [3.63, 3.8) is 0 Å². The van der Waals surface area contributed by atoms with Crippen molar-refractivity contribution in [1.29, 1.82) is 0 Å². The fourth-order valence-corrected chi connectivity index (χ4v) is 3.24. The van der Waals surface area contributed by atoms with Crippen LogP contribution in [0.2, 0.25) is 0 Å². The van der Waals surface area contributed by atoms with E-state index in [0.29, 0.717) is 0 Å². The van der Waals surface area contributed by atoms with Gasteiger partial charge in [-0.3, -0.25) is 0 Å². The maximum atomic E-state index is 2.17. The molecule has 76 valence electrons. The topological polar surface area (TPSA) is 3.01 Å². The van der Waals surface area contributed by atoms with Crippen molar-refractivity contribution < 1.29 is 4.58 Å². The molecule has 0 aliphatic carbocycles. The Morgan fingerprint density at radius 2 is 1.57 bits per heavy atom. The maximum absolute atomic E-state index is 2.17. The van der Waals surface area contributed by atoms with Crippen molar-refractivity contribution in [3.8, 4) is 0 Å². The van der Waals surface area contributed by atoms with Gasteiger partial charge >= 0.3 is 0 Å². The highest BCUT2D eigenvalue weighted by Crippen LogP contribution is 2.48. The van der Waals surface area contributed by atoms with Crippen LogP contribution in [0.1, 0.15) is 13.8 Å². The first-order valence-corrected chi connectivity index (χ1v) is 6.14. The fourth-order valence-electron chi connectivity index (χ4n) is 0.890. The van der Waals surface area contributed by atoms with Gasteiger partial charge in [-0.25, -0.2) is 4.58 Å². The molecule has 0 radical (unpaired) electrons. The van der Waals surface area contributed by atoms with Gasteiger partial charge < -0.3 is 0 Å². The summed E-state index contributed by atoms with van der Waals surface area (Å²) in [6.07, 6.45) is 8.34. The number of thioether (sulfide) groups is 2. The zero-order chi connectivity index (χ0) is 10.6. The first kappa shape index (κ1) is 11.7. The van der Waals surface area contributed by atoms with Crippen LogP contribution in [-0.4, -0.2) is 24.9 Å². The zero-order valence-corrected chi connectivity index (χ0v) is 10.7. The lowest BCUT2D eigenvalue weighted by molar-refractivity contribution is -0.458. The molecule has 0 fully saturated rings. The second-order valence-electron chi connectivity index (χ2n) is 3.30. The number of nitrogens with zero attached hydrogens (tertiary/aromatic N) is 1. The Morgan fingerprint density at radius 3 is 2.07 bits per heavy atom. The Labute approximate surface area is 94.7 Å². The molecule has 0 saturated carbocycles. The van der Waals surface area contributed by atoms with Crippen LogP contribution in [0.4, 0.5) is 0 Å². The minimum absolute atomic E-state index is 1.36. The molecule has 0 unspecified atom stereocenters. The van der Waals surface area contributed by atoms with Gasteiger partial charge in [-0.2, -0.15) is 0 Å². The molecule has 3 heteroatoms. The van der Waals surface area contributed by atoms with Crippen LogP contribution in [0.5, 0.6) is 0 Å². The van der Waals surface area contributed by atoms with Crippen molar-refractivity contribution >= 4 is 29.7 Å². The van der Waals surface area contributed by atoms with E-state index < -0.39 is 0 Å². The van der Waals surface area contributed by atoms with Crippen LogP contribution in [0.15, 0.2) is 32.3 Å². The quantitative estimate of drug-likeness (QED) is 0.524. The molecule has 1 nitrogen and oxygen atoms in total. The molecule has 1 aliphatic heterocycles. The van der Waals surface area contributed by atoms with E-state index in [9.17, 15) is 0 Å². The lowest BCUT2D eigenvalue weighted by Crippen LogP contribution is -1.94. The lowest BCUT2D eigenvalue weighted by Gasteiger charge is -1.90. The average molecular weight is 226 g/mol. The summed E-state index contributed by atoms with van der Waals surface area (Å²) < 4.78 is 3.39. The number of hydrogen-bond acceptors (Lipinski definition) is 2. The van der Waals surface area contributed by atoms with Crippen LogP contribution < -0.4 is 0 Å². The molecule has 0 atom stereocenters. The molecular formula is C11H16NS2+. The molecular weight excluding hydrogens is 210 g/mol. The Balaban J connectivity index is 2.50. The van der Waals surface area contributed by atoms with Crippen LogP contribution in [0.25, 0.3) is 0 Å². The second-order valence-corrected chi connectivity index (χ2v) is 6.07. The highest BCUT2D eigenvalue weighted by Gasteiger charge is 2.12. The molecule has 1 rings (SSSR count). The monoisotopic (exact) mass is 226 g/mol. The Morgan fingerprint density at radius 1 is 1.00 bits per heavy atom. The van der Waals surface area contributed by atoms with E-state index in [1.54, 1.807) is 0 Å². The lowest BCUT2D eigenvalue weighted by atomic mass is 10.5. The third-order valence-corrected chi connectivity index (χ3v) is 4.26. The molecule has 0 spiro atoms. The highest BCUT2D eigenvalue weighted by molar-refractivity contribution is 8.28. The van der Waals surface area contributed by atoms with Gasteiger partial charge in [0.1, 0.15) is 14.1 Å². The van der Waals surface area contributed by atoms with Gasteiger partial charge in [0, 0.05) is 10.3 Å². The molecule has 0 amide bonds. The zero-order valence-electron chi connectivity index (χ0n) is 9.07. The number of allylic oxidation sites excluding steroid dienone is 5. The SMILES string of the molecule is CC1=C(C)SC(=C/C=C/C=[N+](C)C)S1. The fraction of sp³-hybridized carbons (Fsp3) is 0.364. The molecule has 1 aliphatic rings. The average Bonchev–Trinajstić information content (AvgIpc) is 2.40. The largest absolute Gasteiger partial charge is 0.241 e. The first-order chi connectivity index (χ1) is 6.59. The summed E-state index contributed by atoms with van der Waals surface area (Å²) in [6.45, 7) is 4.34. The summed E-state index contributed by atoms with van der Waals surface area (Å²) in [5.41, 5.74) is 0. The summed E-state index contributed by atoms with van der Waals surface area (Å²) in [4.78, 5) is 2.84. The second kappa shape index (κ2) is 5.47. The molecule has 0 N–H and O–H groups in total. The van der Waals surface area contributed by atoms with Crippen molar-refractivity contribution in [2.45, 2.75) is 13.8 Å². The van der Waals surface area contributed by atoms with E-state index in [4.69, 9.17) is 0 Å². The van der Waals surface area contributed by atoms with Crippen molar-refractivity contribution in [2.75, 3.05) is 14.1 Å². The van der Waals surface area contributed by atoms with Crippen molar-refractivity contribution in [1.82, 2.24) is 0 Å². The normalized spacial score (nSPS) is 16.7. The van der Waals surface area contributed by atoms with Crippen molar-refractivity contribution in [2.24, 2.45) is 0 Å². The van der Waals surface area contributed by atoms with Gasteiger partial charge in [-0.1, -0.05) is 29.6 Å². The van der Waals surface area contributed by atoms with E-state index in [1.165, 1.54) is 14.0 Å². The van der Waals surface area contributed by atoms with Gasteiger partial charge in [-0.15, -0.1) is 0 Å². The molecule has 0 aromatic heterocycles. The molecule has 1 heterocycles. The van der Waals surface area contributed by atoms with Crippen molar-refractivity contribution in [3.05, 3.63) is 32.3 Å². The molecule has 0 saturated heterocycles. The third-order valence-electron chi connectivity index (χ3n) is 1.73. The third kappa shape index (κ3) is 3.76. The maximum Gasteiger partial charge on any atom is 0.162 e. The highest BCUT2D eigenvalue weighted by atomic mass is 32.2. The number of hydrogen-bond donors (Lipinski definition) is 0. The predicted octanol–water partition coefficient (Wildman–Crippen LogP) is 3.46. The van der Waals surface area contributed by atoms with Gasteiger partial charge in [0.05, 0.1) is 0 Å². The Hall–Kier alpha value is -0.410. The number of rotatable bonds is 2. The van der Waals surface area contributed by atoms with Gasteiger partial charge in [0.2, 0.25) is 0 Å². The van der Waals surface area contributed by atoms with E-state index in [1.807, 2.05) is 48.4 Å². The van der Waals surface area contributed by atoms with E-state index in [2.05, 4.69) is 32.1 Å². The minimum Gasteiger partial charge on any atom is -0.241 e. The van der Waals surface area contributed by atoms with Gasteiger partial charge in [0.25, 0.3) is 0 Å². The van der Waals surface area contributed by atoms with E-state index in [0.717, 1.165) is 0 Å². The summed E-state index contributed by atoms with van der Waals surface area (Å²) in [5, 5.41) is 0. The van der Waals surface area contributed by atoms with Crippen LogP contribution in [0.3, 0.4) is 0 Å². The summed E-state index contributed by atoms with van der Waals surface area (Å²) in [5.74, 6) is 0. The smallest absolute Gasteiger partial charge is 0.162 e. The molecule has 0 bridgehead atoms. The molecule has 0 aromatic rings. The van der Waals surface area contributed by atoms with Gasteiger partial charge in [-0.05, 0) is 29.7 Å². The summed E-state index contributed by atoms with van der Waals surface area (Å²) in [6, 6.07) is 0. The standard InChI is InChI=1S/C11H16NS2/c1-9-10(2)14-11(13-9)7-5-6-8-12(3)4/h5-8H,1-4H3/q+1/b6-5+. The predicted molar refractivity (Wildman–Crippen MR) is 69.0 cm³/mol. The van der Waals surface area contributed by atoms with Crippen LogP contribution in [0, 0.1) is 0 Å². The van der Waals surface area contributed by atoms with Gasteiger partial charge in [0.15, 0.2) is 6.21 Å². The van der Waals surface area contributed by atoms with Crippen LogP contribution >= 0.6 is 23.5 Å². The molecule has 14 heavy (non-hydrogen) atoms.